The number of nitrogens with zero attached hydrogens (tertiary/aromatic N) is 1. The second-order valence-corrected chi connectivity index (χ2v) is 6.04. The van der Waals surface area contributed by atoms with Gasteiger partial charge < -0.3 is 10.1 Å². The van der Waals surface area contributed by atoms with E-state index in [-0.39, 0.29) is 18.2 Å². The van der Waals surface area contributed by atoms with E-state index in [4.69, 9.17) is 4.74 Å². The molecule has 2 rings (SSSR count). The molecule has 0 bridgehead atoms. The molecule has 116 valence electrons. The number of aromatic nitrogens is 1. The first-order valence-corrected chi connectivity index (χ1v) is 7.89. The monoisotopic (exact) mass is 318 g/mol. The van der Waals surface area contributed by atoms with Gasteiger partial charge in [-0.25, -0.2) is 9.78 Å². The van der Waals surface area contributed by atoms with E-state index in [0.29, 0.717) is 12.5 Å². The number of benzene rings is 1. The van der Waals surface area contributed by atoms with Crippen molar-refractivity contribution in [3.63, 3.8) is 0 Å². The predicted octanol–water partition coefficient (Wildman–Crippen LogP) is 2.74. The smallest absolute Gasteiger partial charge is 0.358 e. The zero-order valence-electron chi connectivity index (χ0n) is 12.5. The standard InChI is InChI=1S/C16H18N2O3S/c1-11(2)8-17-14(19)9-21-16(20)13-10-22-15(18-13)12-6-4-3-5-7-12/h3-7,10-11H,8-9H2,1-2H3,(H,17,19). The van der Waals surface area contributed by atoms with Gasteiger partial charge in [-0.15, -0.1) is 11.3 Å². The predicted molar refractivity (Wildman–Crippen MR) is 85.7 cm³/mol. The summed E-state index contributed by atoms with van der Waals surface area (Å²) >= 11 is 1.37. The highest BCUT2D eigenvalue weighted by Gasteiger charge is 2.14. The molecule has 1 aromatic carbocycles. The van der Waals surface area contributed by atoms with Crippen molar-refractivity contribution in [3.05, 3.63) is 41.4 Å². The Morgan fingerprint density at radius 3 is 2.68 bits per heavy atom. The van der Waals surface area contributed by atoms with E-state index in [1.165, 1.54) is 11.3 Å². The lowest BCUT2D eigenvalue weighted by Crippen LogP contribution is -2.31. The minimum Gasteiger partial charge on any atom is -0.451 e. The topological polar surface area (TPSA) is 68.3 Å². The summed E-state index contributed by atoms with van der Waals surface area (Å²) in [5.74, 6) is -0.537. The molecule has 0 atom stereocenters. The average Bonchev–Trinajstić information content (AvgIpc) is 3.01. The number of esters is 1. The second kappa shape index (κ2) is 7.70. The average molecular weight is 318 g/mol. The van der Waals surface area contributed by atoms with Crippen LogP contribution in [0.3, 0.4) is 0 Å². The van der Waals surface area contributed by atoms with Crippen LogP contribution in [0.25, 0.3) is 10.6 Å². The molecule has 1 N–H and O–H groups in total. The van der Waals surface area contributed by atoms with Gasteiger partial charge in [0.2, 0.25) is 0 Å². The van der Waals surface area contributed by atoms with E-state index in [0.717, 1.165) is 10.6 Å². The Kier molecular flexibility index (Phi) is 5.66. The molecule has 2 aromatic rings. The van der Waals surface area contributed by atoms with E-state index in [1.807, 2.05) is 44.2 Å². The zero-order valence-corrected chi connectivity index (χ0v) is 13.4. The van der Waals surface area contributed by atoms with Gasteiger partial charge in [0.25, 0.3) is 5.91 Å². The van der Waals surface area contributed by atoms with Crippen LogP contribution in [-0.2, 0) is 9.53 Å². The SMILES string of the molecule is CC(C)CNC(=O)COC(=O)c1csc(-c2ccccc2)n1. The maximum Gasteiger partial charge on any atom is 0.358 e. The number of thiazole rings is 1. The van der Waals surface area contributed by atoms with E-state index < -0.39 is 5.97 Å². The molecular weight excluding hydrogens is 300 g/mol. The van der Waals surface area contributed by atoms with Gasteiger partial charge in [-0.05, 0) is 5.92 Å². The molecule has 1 amide bonds. The first-order chi connectivity index (χ1) is 10.6. The summed E-state index contributed by atoms with van der Waals surface area (Å²) < 4.78 is 4.96. The molecule has 1 heterocycles. The molecule has 0 fully saturated rings. The first-order valence-electron chi connectivity index (χ1n) is 7.01. The van der Waals surface area contributed by atoms with E-state index in [2.05, 4.69) is 10.3 Å². The van der Waals surface area contributed by atoms with Crippen LogP contribution in [0.5, 0.6) is 0 Å². The number of carbonyl (C=O) groups excluding carboxylic acids is 2. The number of ether oxygens (including phenoxy) is 1. The molecule has 0 aliphatic rings. The fourth-order valence-electron chi connectivity index (χ4n) is 1.65. The van der Waals surface area contributed by atoms with Gasteiger partial charge >= 0.3 is 5.97 Å². The molecule has 6 heteroatoms. The lowest BCUT2D eigenvalue weighted by atomic mass is 10.2. The number of rotatable bonds is 6. The molecule has 0 aliphatic heterocycles. The van der Waals surface area contributed by atoms with Crippen molar-refractivity contribution in [2.75, 3.05) is 13.2 Å². The lowest BCUT2D eigenvalue weighted by Gasteiger charge is -2.07. The van der Waals surface area contributed by atoms with Crippen LogP contribution in [0.4, 0.5) is 0 Å². The van der Waals surface area contributed by atoms with Gasteiger partial charge in [-0.3, -0.25) is 4.79 Å². The van der Waals surface area contributed by atoms with Crippen molar-refractivity contribution in [1.82, 2.24) is 10.3 Å². The fraction of sp³-hybridized carbons (Fsp3) is 0.312. The Bertz CT molecular complexity index is 638. The Labute approximate surface area is 133 Å². The molecule has 0 radical (unpaired) electrons. The van der Waals surface area contributed by atoms with Gasteiger partial charge in [-0.2, -0.15) is 0 Å². The first kappa shape index (κ1) is 16.2. The molecule has 0 spiro atoms. The molecule has 1 aromatic heterocycles. The highest BCUT2D eigenvalue weighted by molar-refractivity contribution is 7.13. The summed E-state index contributed by atoms with van der Waals surface area (Å²) in [5, 5.41) is 5.07. The summed E-state index contributed by atoms with van der Waals surface area (Å²) in [5.41, 5.74) is 1.17. The van der Waals surface area contributed by atoms with Crippen molar-refractivity contribution >= 4 is 23.2 Å². The van der Waals surface area contributed by atoms with Gasteiger partial charge in [0, 0.05) is 17.5 Å². The Hall–Kier alpha value is -2.21. The lowest BCUT2D eigenvalue weighted by molar-refractivity contribution is -0.124. The van der Waals surface area contributed by atoms with Gasteiger partial charge in [0.1, 0.15) is 5.01 Å². The molecular formula is C16H18N2O3S. The fourth-order valence-corrected chi connectivity index (χ4v) is 2.45. The van der Waals surface area contributed by atoms with Crippen LogP contribution >= 0.6 is 11.3 Å². The van der Waals surface area contributed by atoms with E-state index in [9.17, 15) is 9.59 Å². The van der Waals surface area contributed by atoms with E-state index in [1.54, 1.807) is 5.38 Å². The number of amides is 1. The van der Waals surface area contributed by atoms with Crippen molar-refractivity contribution in [1.29, 1.82) is 0 Å². The Balaban J connectivity index is 1.88. The summed E-state index contributed by atoms with van der Waals surface area (Å²) in [4.78, 5) is 27.6. The van der Waals surface area contributed by atoms with E-state index >= 15 is 0 Å². The Morgan fingerprint density at radius 2 is 2.00 bits per heavy atom. The van der Waals surface area contributed by atoms with Crippen molar-refractivity contribution in [2.24, 2.45) is 5.92 Å². The third-order valence-corrected chi connectivity index (χ3v) is 3.67. The number of hydrogen-bond donors (Lipinski definition) is 1. The minimum atomic E-state index is -0.585. The summed E-state index contributed by atoms with van der Waals surface area (Å²) in [6, 6.07) is 9.59. The largest absolute Gasteiger partial charge is 0.451 e. The summed E-state index contributed by atoms with van der Waals surface area (Å²) in [6.45, 7) is 4.26. The molecule has 22 heavy (non-hydrogen) atoms. The van der Waals surface area contributed by atoms with Crippen LogP contribution < -0.4 is 5.32 Å². The third kappa shape index (κ3) is 4.66. The molecule has 0 saturated heterocycles. The van der Waals surface area contributed by atoms with Crippen LogP contribution in [0.1, 0.15) is 24.3 Å². The second-order valence-electron chi connectivity index (χ2n) is 5.18. The highest BCUT2D eigenvalue weighted by atomic mass is 32.1. The van der Waals surface area contributed by atoms with Crippen LogP contribution in [0, 0.1) is 5.92 Å². The van der Waals surface area contributed by atoms with Gasteiger partial charge in [0.15, 0.2) is 12.3 Å². The summed E-state index contributed by atoms with van der Waals surface area (Å²) in [7, 11) is 0. The number of nitrogens with one attached hydrogen (secondary N) is 1. The Morgan fingerprint density at radius 1 is 1.27 bits per heavy atom. The maximum atomic E-state index is 11.9. The van der Waals surface area contributed by atoms with Crippen LogP contribution in [0.15, 0.2) is 35.7 Å². The van der Waals surface area contributed by atoms with Gasteiger partial charge in [0.05, 0.1) is 0 Å². The third-order valence-electron chi connectivity index (χ3n) is 2.78. The highest BCUT2D eigenvalue weighted by Crippen LogP contribution is 2.23. The van der Waals surface area contributed by atoms with Crippen LogP contribution in [0.2, 0.25) is 0 Å². The maximum absolute atomic E-state index is 11.9. The van der Waals surface area contributed by atoms with Crippen molar-refractivity contribution in [2.45, 2.75) is 13.8 Å². The molecule has 0 saturated carbocycles. The quantitative estimate of drug-likeness (QED) is 0.832. The van der Waals surface area contributed by atoms with Crippen molar-refractivity contribution in [3.8, 4) is 10.6 Å². The zero-order chi connectivity index (χ0) is 15.9. The minimum absolute atomic E-state index is 0.223. The molecule has 0 unspecified atom stereocenters. The number of hydrogen-bond acceptors (Lipinski definition) is 5. The van der Waals surface area contributed by atoms with Crippen molar-refractivity contribution < 1.29 is 14.3 Å². The van der Waals surface area contributed by atoms with Crippen LogP contribution in [-0.4, -0.2) is 30.0 Å². The number of carbonyl (C=O) groups is 2. The molecule has 0 aliphatic carbocycles. The van der Waals surface area contributed by atoms with Gasteiger partial charge in [-0.1, -0.05) is 44.2 Å². The normalized spacial score (nSPS) is 10.5. The summed E-state index contributed by atoms with van der Waals surface area (Å²) in [6.07, 6.45) is 0. The molecule has 5 nitrogen and oxygen atoms in total.